The topological polar surface area (TPSA) is 116 Å². The van der Waals surface area contributed by atoms with Crippen molar-refractivity contribution in [3.05, 3.63) is 65.7 Å². The zero-order valence-electron chi connectivity index (χ0n) is 17.4. The number of carbonyl (C=O) groups is 4. The van der Waals surface area contributed by atoms with Crippen LogP contribution in [0.3, 0.4) is 0 Å². The Balaban J connectivity index is 1.41. The molecule has 2 aromatic carbocycles. The maximum absolute atomic E-state index is 12.8. The average Bonchev–Trinajstić information content (AvgIpc) is 3.13. The van der Waals surface area contributed by atoms with Gasteiger partial charge in [0.2, 0.25) is 23.9 Å². The summed E-state index contributed by atoms with van der Waals surface area (Å²) in [6.07, 6.45) is -1.16. The monoisotopic (exact) mass is 437 g/mol. The minimum absolute atomic E-state index is 0.0101. The highest BCUT2D eigenvalue weighted by Crippen LogP contribution is 2.33. The highest BCUT2D eigenvalue weighted by molar-refractivity contribution is 5.99. The van der Waals surface area contributed by atoms with E-state index < -0.39 is 36.0 Å². The highest BCUT2D eigenvalue weighted by Gasteiger charge is 2.60. The van der Waals surface area contributed by atoms with Crippen LogP contribution in [0, 0.1) is 0 Å². The van der Waals surface area contributed by atoms with Crippen LogP contribution >= 0.6 is 0 Å². The van der Waals surface area contributed by atoms with E-state index in [9.17, 15) is 24.3 Å². The first kappa shape index (κ1) is 21.4. The third kappa shape index (κ3) is 4.14. The number of nitrogens with zero attached hydrogens (tertiary/aromatic N) is 2. The lowest BCUT2D eigenvalue weighted by atomic mass is 9.96. The Bertz CT molecular complexity index is 1060. The van der Waals surface area contributed by atoms with E-state index in [1.54, 1.807) is 24.3 Å². The van der Waals surface area contributed by atoms with Crippen LogP contribution in [-0.2, 0) is 36.9 Å². The first-order valence-corrected chi connectivity index (χ1v) is 10.2. The van der Waals surface area contributed by atoms with Crippen LogP contribution in [0.5, 0.6) is 5.75 Å². The van der Waals surface area contributed by atoms with Crippen molar-refractivity contribution in [2.45, 2.75) is 38.2 Å². The number of rotatable bonds is 6. The van der Waals surface area contributed by atoms with Crippen LogP contribution in [0.25, 0.3) is 0 Å². The molecule has 2 N–H and O–H groups in total. The maximum Gasteiger partial charge on any atom is 0.350 e. The van der Waals surface area contributed by atoms with Gasteiger partial charge in [0.15, 0.2) is 0 Å². The third-order valence-electron chi connectivity index (χ3n) is 5.64. The van der Waals surface area contributed by atoms with E-state index in [1.807, 2.05) is 18.2 Å². The van der Waals surface area contributed by atoms with Crippen LogP contribution in [-0.4, -0.2) is 63.4 Å². The zero-order valence-corrected chi connectivity index (χ0v) is 17.4. The molecule has 0 aliphatic carbocycles. The van der Waals surface area contributed by atoms with E-state index in [0.29, 0.717) is 5.56 Å². The first-order valence-electron chi connectivity index (χ1n) is 10.2. The zero-order chi connectivity index (χ0) is 22.8. The van der Waals surface area contributed by atoms with Crippen LogP contribution in [0.2, 0.25) is 0 Å². The largest absolute Gasteiger partial charge is 0.508 e. The third-order valence-corrected chi connectivity index (χ3v) is 5.64. The molecule has 2 aromatic rings. The molecule has 2 aliphatic rings. The Morgan fingerprint density at radius 1 is 1.09 bits per heavy atom. The summed E-state index contributed by atoms with van der Waals surface area (Å²) in [5.74, 6) is -1.84. The second-order valence-electron chi connectivity index (χ2n) is 7.84. The lowest BCUT2D eigenvalue weighted by molar-refractivity contribution is -0.170. The van der Waals surface area contributed by atoms with Gasteiger partial charge in [-0.05, 0) is 23.3 Å². The molecule has 0 spiro atoms. The standard InChI is InChI=1S/C23H23N3O6/c1-14(27)25-12-18-20(24-19(29)11-16-8-5-9-17(28)10-16)22(30)26(18)21(25)23(31)32-13-15-6-3-2-4-7-15/h2-10,18,20-21,28H,11-13H2,1H3,(H,24,29). The molecular weight excluding hydrogens is 414 g/mol. The van der Waals surface area contributed by atoms with Gasteiger partial charge in [-0.25, -0.2) is 4.79 Å². The van der Waals surface area contributed by atoms with Crippen molar-refractivity contribution in [2.24, 2.45) is 0 Å². The van der Waals surface area contributed by atoms with Gasteiger partial charge >= 0.3 is 5.97 Å². The summed E-state index contributed by atoms with van der Waals surface area (Å²) >= 11 is 0. The quantitative estimate of drug-likeness (QED) is 0.504. The fourth-order valence-electron chi connectivity index (χ4n) is 4.09. The molecule has 166 valence electrons. The molecule has 32 heavy (non-hydrogen) atoms. The highest BCUT2D eigenvalue weighted by atomic mass is 16.5. The number of hydrogen-bond acceptors (Lipinski definition) is 6. The van der Waals surface area contributed by atoms with Gasteiger partial charge in [0.05, 0.1) is 12.5 Å². The summed E-state index contributed by atoms with van der Waals surface area (Å²) in [5, 5.41) is 12.2. The van der Waals surface area contributed by atoms with E-state index in [1.165, 1.54) is 28.9 Å². The molecule has 2 heterocycles. The molecule has 4 rings (SSSR count). The summed E-state index contributed by atoms with van der Waals surface area (Å²) in [7, 11) is 0. The number of nitrogens with one attached hydrogen (secondary N) is 1. The smallest absolute Gasteiger partial charge is 0.350 e. The number of hydrogen-bond donors (Lipinski definition) is 2. The van der Waals surface area contributed by atoms with Crippen molar-refractivity contribution >= 4 is 23.7 Å². The number of phenolic OH excluding ortho intramolecular Hbond substituents is 1. The Labute approximate surface area is 184 Å². The molecular formula is C23H23N3O6. The van der Waals surface area contributed by atoms with Crippen molar-refractivity contribution < 1.29 is 29.0 Å². The molecule has 2 aliphatic heterocycles. The van der Waals surface area contributed by atoms with Crippen LogP contribution in [0.4, 0.5) is 0 Å². The lowest BCUT2D eigenvalue weighted by Crippen LogP contribution is -2.71. The predicted molar refractivity (Wildman–Crippen MR) is 112 cm³/mol. The Kier molecular flexibility index (Phi) is 5.81. The van der Waals surface area contributed by atoms with Crippen molar-refractivity contribution in [3.63, 3.8) is 0 Å². The Morgan fingerprint density at radius 3 is 2.50 bits per heavy atom. The maximum atomic E-state index is 12.8. The number of amides is 3. The van der Waals surface area contributed by atoms with Crippen LogP contribution in [0.15, 0.2) is 54.6 Å². The molecule has 9 heteroatoms. The Morgan fingerprint density at radius 2 is 1.81 bits per heavy atom. The number of β-lactam (4-membered cyclic amide) rings is 1. The number of aromatic hydroxyl groups is 1. The van der Waals surface area contributed by atoms with Crippen molar-refractivity contribution in [1.82, 2.24) is 15.1 Å². The minimum Gasteiger partial charge on any atom is -0.508 e. The summed E-state index contributed by atoms with van der Waals surface area (Å²) in [5.41, 5.74) is 1.39. The molecule has 3 unspecified atom stereocenters. The predicted octanol–water partition coefficient (Wildman–Crippen LogP) is 0.562. The number of phenols is 1. The molecule has 9 nitrogen and oxygen atoms in total. The van der Waals surface area contributed by atoms with Gasteiger partial charge in [0.25, 0.3) is 0 Å². The van der Waals surface area contributed by atoms with Gasteiger partial charge in [-0.2, -0.15) is 0 Å². The molecule has 3 amide bonds. The summed E-state index contributed by atoms with van der Waals surface area (Å²) < 4.78 is 5.36. The number of ether oxygens (including phenoxy) is 1. The van der Waals surface area contributed by atoms with Crippen molar-refractivity contribution in [1.29, 1.82) is 0 Å². The molecule has 2 saturated heterocycles. The van der Waals surface area contributed by atoms with Crippen molar-refractivity contribution in [3.8, 4) is 5.75 Å². The minimum atomic E-state index is -1.15. The fourth-order valence-corrected chi connectivity index (χ4v) is 4.09. The second kappa shape index (κ2) is 8.70. The van der Waals surface area contributed by atoms with E-state index in [-0.39, 0.29) is 31.2 Å². The van der Waals surface area contributed by atoms with Gasteiger partial charge in [0, 0.05) is 13.5 Å². The summed E-state index contributed by atoms with van der Waals surface area (Å²) in [6.45, 7) is 1.48. The molecule has 0 bridgehead atoms. The number of benzene rings is 2. The van der Waals surface area contributed by atoms with Gasteiger partial charge < -0.3 is 25.0 Å². The summed E-state index contributed by atoms with van der Waals surface area (Å²) in [6, 6.07) is 14.1. The first-order chi connectivity index (χ1) is 15.3. The van der Waals surface area contributed by atoms with Crippen LogP contribution < -0.4 is 5.32 Å². The molecule has 2 fully saturated rings. The molecule has 0 radical (unpaired) electrons. The van der Waals surface area contributed by atoms with Gasteiger partial charge in [-0.15, -0.1) is 0 Å². The van der Waals surface area contributed by atoms with E-state index in [4.69, 9.17) is 4.74 Å². The van der Waals surface area contributed by atoms with Crippen molar-refractivity contribution in [2.75, 3.05) is 6.54 Å². The lowest BCUT2D eigenvalue weighted by Gasteiger charge is -2.43. The van der Waals surface area contributed by atoms with E-state index >= 15 is 0 Å². The van der Waals surface area contributed by atoms with Gasteiger partial charge in [0.1, 0.15) is 18.4 Å². The van der Waals surface area contributed by atoms with Gasteiger partial charge in [-0.1, -0.05) is 42.5 Å². The number of esters is 1. The fraction of sp³-hybridized carbons (Fsp3) is 0.304. The molecule has 3 atom stereocenters. The molecule has 0 saturated carbocycles. The SMILES string of the molecule is CC(=O)N1CC2C(NC(=O)Cc3cccc(O)c3)C(=O)N2C1C(=O)OCc1ccccc1. The van der Waals surface area contributed by atoms with Gasteiger partial charge in [-0.3, -0.25) is 14.4 Å². The molecule has 0 aromatic heterocycles. The van der Waals surface area contributed by atoms with E-state index in [0.717, 1.165) is 5.56 Å². The Hall–Kier alpha value is -3.88. The average molecular weight is 437 g/mol. The second-order valence-corrected chi connectivity index (χ2v) is 7.84. The summed E-state index contributed by atoms with van der Waals surface area (Å²) in [4.78, 5) is 52.7. The number of carbonyl (C=O) groups excluding carboxylic acids is 4. The van der Waals surface area contributed by atoms with Crippen LogP contribution in [0.1, 0.15) is 18.1 Å². The number of fused-ring (bicyclic) bond motifs is 1. The normalized spacial score (nSPS) is 21.5. The van der Waals surface area contributed by atoms with E-state index in [2.05, 4.69) is 5.32 Å².